The van der Waals surface area contributed by atoms with Crippen molar-refractivity contribution in [2.45, 2.75) is 45.3 Å². The van der Waals surface area contributed by atoms with Gasteiger partial charge in [-0.3, -0.25) is 4.90 Å². The molecule has 0 N–H and O–H groups in total. The van der Waals surface area contributed by atoms with Crippen LogP contribution in [0.2, 0.25) is 0 Å². The molecule has 0 saturated carbocycles. The molecule has 2 unspecified atom stereocenters. The van der Waals surface area contributed by atoms with E-state index in [2.05, 4.69) is 60.7 Å². The minimum absolute atomic E-state index is 0.109. The Labute approximate surface area is 148 Å². The van der Waals surface area contributed by atoms with Gasteiger partial charge in [-0.1, -0.05) is 42.5 Å². The third-order valence-electron chi connectivity index (χ3n) is 5.86. The molecule has 0 fully saturated rings. The number of halogens is 1. The summed E-state index contributed by atoms with van der Waals surface area (Å²) in [6.45, 7) is 5.31. The molecule has 3 aromatic rings. The largest absolute Gasteiger partial charge is 0.341 e. The second kappa shape index (κ2) is 6.30. The summed E-state index contributed by atoms with van der Waals surface area (Å²) in [6, 6.07) is 16.7. The number of para-hydroxylation sites is 1. The van der Waals surface area contributed by atoms with Gasteiger partial charge in [0.1, 0.15) is 5.82 Å². The van der Waals surface area contributed by atoms with Gasteiger partial charge in [0.2, 0.25) is 0 Å². The summed E-state index contributed by atoms with van der Waals surface area (Å²) in [7, 11) is 2.17. The lowest BCUT2D eigenvalue weighted by atomic mass is 9.93. The topological polar surface area (TPSA) is 8.17 Å². The zero-order valence-corrected chi connectivity index (χ0v) is 15.2. The Bertz CT molecular complexity index is 897. The van der Waals surface area contributed by atoms with E-state index in [9.17, 15) is 4.39 Å². The van der Waals surface area contributed by atoms with Crippen LogP contribution in [0.3, 0.4) is 0 Å². The van der Waals surface area contributed by atoms with Gasteiger partial charge in [0.15, 0.2) is 0 Å². The molecule has 2 heterocycles. The number of aryl methyl sites for hydroxylation is 2. The van der Waals surface area contributed by atoms with Crippen molar-refractivity contribution in [1.29, 1.82) is 0 Å². The molecule has 25 heavy (non-hydrogen) atoms. The number of likely N-dealkylation sites (N-methyl/N-ethyl adjacent to an activating group) is 1. The van der Waals surface area contributed by atoms with Crippen LogP contribution in [0.5, 0.6) is 0 Å². The van der Waals surface area contributed by atoms with Crippen molar-refractivity contribution in [3.8, 4) is 0 Å². The van der Waals surface area contributed by atoms with E-state index in [1.54, 1.807) is 6.07 Å². The fraction of sp³-hybridized carbons (Fsp3) is 0.364. The van der Waals surface area contributed by atoms with Gasteiger partial charge in [-0.2, -0.15) is 0 Å². The molecule has 1 aliphatic heterocycles. The van der Waals surface area contributed by atoms with Crippen molar-refractivity contribution in [3.05, 3.63) is 71.2 Å². The second-order valence-electron chi connectivity index (χ2n) is 7.28. The van der Waals surface area contributed by atoms with Gasteiger partial charge in [-0.25, -0.2) is 4.39 Å². The van der Waals surface area contributed by atoms with E-state index in [1.807, 2.05) is 12.1 Å². The standard InChI is InChI=1S/C22H25FN2/c1-15-14-20-21(16(2)24(15)3)18-10-7-11-19(23)22(18)25(20)13-12-17-8-5-4-6-9-17/h4-11,15-16H,12-14H2,1-3H3. The van der Waals surface area contributed by atoms with Crippen LogP contribution in [-0.2, 0) is 19.4 Å². The number of hydrogen-bond donors (Lipinski definition) is 0. The first-order chi connectivity index (χ1) is 12.1. The molecule has 130 valence electrons. The molecular formula is C22H25FN2. The molecule has 0 amide bonds. The first kappa shape index (κ1) is 16.3. The maximum Gasteiger partial charge on any atom is 0.147 e. The van der Waals surface area contributed by atoms with Gasteiger partial charge in [0.25, 0.3) is 0 Å². The molecule has 0 saturated heterocycles. The first-order valence-corrected chi connectivity index (χ1v) is 9.13. The van der Waals surface area contributed by atoms with Crippen molar-refractivity contribution >= 4 is 10.9 Å². The van der Waals surface area contributed by atoms with Crippen molar-refractivity contribution < 1.29 is 4.39 Å². The van der Waals surface area contributed by atoms with Gasteiger partial charge in [-0.05, 0) is 44.5 Å². The third kappa shape index (κ3) is 2.67. The lowest BCUT2D eigenvalue weighted by Crippen LogP contribution is -2.38. The molecule has 2 aromatic carbocycles. The summed E-state index contributed by atoms with van der Waals surface area (Å²) in [5.74, 6) is -0.109. The average Bonchev–Trinajstić information content (AvgIpc) is 2.93. The molecule has 2 nitrogen and oxygen atoms in total. The number of nitrogens with zero attached hydrogens (tertiary/aromatic N) is 2. The van der Waals surface area contributed by atoms with Gasteiger partial charge in [0.05, 0.1) is 5.52 Å². The van der Waals surface area contributed by atoms with Crippen molar-refractivity contribution in [2.24, 2.45) is 0 Å². The Morgan fingerprint density at radius 2 is 1.80 bits per heavy atom. The van der Waals surface area contributed by atoms with Crippen molar-refractivity contribution in [2.75, 3.05) is 7.05 Å². The van der Waals surface area contributed by atoms with E-state index in [0.717, 1.165) is 30.3 Å². The van der Waals surface area contributed by atoms with Crippen LogP contribution in [0, 0.1) is 5.82 Å². The monoisotopic (exact) mass is 336 g/mol. The van der Waals surface area contributed by atoms with E-state index in [0.29, 0.717) is 12.1 Å². The molecule has 4 rings (SSSR count). The average molecular weight is 336 g/mol. The molecule has 0 aliphatic carbocycles. The van der Waals surface area contributed by atoms with E-state index in [1.165, 1.54) is 16.8 Å². The molecule has 1 aliphatic rings. The molecule has 0 spiro atoms. The van der Waals surface area contributed by atoms with E-state index in [4.69, 9.17) is 0 Å². The summed E-state index contributed by atoms with van der Waals surface area (Å²) in [5, 5.41) is 1.08. The summed E-state index contributed by atoms with van der Waals surface area (Å²) >= 11 is 0. The Kier molecular flexibility index (Phi) is 4.12. The highest BCUT2D eigenvalue weighted by atomic mass is 19.1. The zero-order valence-electron chi connectivity index (χ0n) is 15.2. The fourth-order valence-corrected chi connectivity index (χ4v) is 4.27. The number of rotatable bonds is 3. The van der Waals surface area contributed by atoms with E-state index >= 15 is 0 Å². The minimum Gasteiger partial charge on any atom is -0.341 e. The summed E-state index contributed by atoms with van der Waals surface area (Å²) < 4.78 is 17.0. The number of hydrogen-bond acceptors (Lipinski definition) is 1. The maximum absolute atomic E-state index is 14.7. The van der Waals surface area contributed by atoms with E-state index < -0.39 is 0 Å². The van der Waals surface area contributed by atoms with Gasteiger partial charge >= 0.3 is 0 Å². The molecule has 1 aromatic heterocycles. The number of aromatic nitrogens is 1. The lowest BCUT2D eigenvalue weighted by Gasteiger charge is -2.36. The second-order valence-corrected chi connectivity index (χ2v) is 7.28. The van der Waals surface area contributed by atoms with Gasteiger partial charge in [0, 0.05) is 36.1 Å². The van der Waals surface area contributed by atoms with Crippen LogP contribution in [-0.4, -0.2) is 22.6 Å². The normalized spacial score (nSPS) is 20.8. The minimum atomic E-state index is -0.109. The molecule has 0 bridgehead atoms. The number of fused-ring (bicyclic) bond motifs is 3. The predicted molar refractivity (Wildman–Crippen MR) is 101 cm³/mol. The Morgan fingerprint density at radius 1 is 1.04 bits per heavy atom. The van der Waals surface area contributed by atoms with Crippen molar-refractivity contribution in [3.63, 3.8) is 0 Å². The Morgan fingerprint density at radius 3 is 2.56 bits per heavy atom. The highest BCUT2D eigenvalue weighted by molar-refractivity contribution is 5.87. The van der Waals surface area contributed by atoms with E-state index in [-0.39, 0.29) is 5.82 Å². The van der Waals surface area contributed by atoms with Crippen LogP contribution < -0.4 is 0 Å². The smallest absolute Gasteiger partial charge is 0.147 e. The van der Waals surface area contributed by atoms with Gasteiger partial charge < -0.3 is 4.57 Å². The molecule has 0 radical (unpaired) electrons. The lowest BCUT2D eigenvalue weighted by molar-refractivity contribution is 0.177. The van der Waals surface area contributed by atoms with Crippen LogP contribution in [0.25, 0.3) is 10.9 Å². The van der Waals surface area contributed by atoms with Gasteiger partial charge in [-0.15, -0.1) is 0 Å². The Hall–Kier alpha value is -2.13. The van der Waals surface area contributed by atoms with Crippen molar-refractivity contribution in [1.82, 2.24) is 9.47 Å². The fourth-order valence-electron chi connectivity index (χ4n) is 4.27. The molecule has 2 atom stereocenters. The molecule has 3 heteroatoms. The van der Waals surface area contributed by atoms with Crippen LogP contribution in [0.1, 0.15) is 36.7 Å². The third-order valence-corrected chi connectivity index (χ3v) is 5.86. The molecular weight excluding hydrogens is 311 g/mol. The summed E-state index contributed by atoms with van der Waals surface area (Å²) in [5.41, 5.74) is 4.69. The number of benzene rings is 2. The quantitative estimate of drug-likeness (QED) is 0.656. The van der Waals surface area contributed by atoms with Crippen LogP contribution >= 0.6 is 0 Å². The Balaban J connectivity index is 1.84. The highest BCUT2D eigenvalue weighted by Crippen LogP contribution is 2.39. The maximum atomic E-state index is 14.7. The summed E-state index contributed by atoms with van der Waals surface area (Å²) in [4.78, 5) is 2.40. The highest BCUT2D eigenvalue weighted by Gasteiger charge is 2.32. The summed E-state index contributed by atoms with van der Waals surface area (Å²) in [6.07, 6.45) is 1.89. The zero-order chi connectivity index (χ0) is 17.6. The van der Waals surface area contributed by atoms with Crippen LogP contribution in [0.4, 0.5) is 4.39 Å². The predicted octanol–water partition coefficient (Wildman–Crippen LogP) is 4.96. The SMILES string of the molecule is CC1Cc2c(c3cccc(F)c3n2CCc2ccccc2)C(C)N1C. The van der Waals surface area contributed by atoms with Crippen LogP contribution in [0.15, 0.2) is 48.5 Å². The first-order valence-electron chi connectivity index (χ1n) is 9.13.